The Hall–Kier alpha value is -0.730. The van der Waals surface area contributed by atoms with E-state index in [-0.39, 0.29) is 0 Å². The first-order valence-corrected chi connectivity index (χ1v) is 4.04. The topological polar surface area (TPSA) is 46.5 Å². The molecule has 0 aromatic carbocycles. The molecule has 1 fully saturated rings. The lowest BCUT2D eigenvalue weighted by molar-refractivity contribution is 0.114. The lowest BCUT2D eigenvalue weighted by Gasteiger charge is -2.05. The van der Waals surface area contributed by atoms with Gasteiger partial charge in [0, 0.05) is 0 Å². The fourth-order valence-electron chi connectivity index (χ4n) is 1.06. The van der Waals surface area contributed by atoms with Gasteiger partial charge >= 0.3 is 6.16 Å². The highest BCUT2D eigenvalue weighted by atomic mass is 16.6. The van der Waals surface area contributed by atoms with Crippen molar-refractivity contribution in [3.05, 3.63) is 0 Å². The van der Waals surface area contributed by atoms with Crippen LogP contribution in [0.4, 0.5) is 4.79 Å². The molecule has 1 rings (SSSR count). The maximum atomic E-state index is 9.15. The van der Waals surface area contributed by atoms with Crippen LogP contribution in [-0.4, -0.2) is 18.4 Å². The summed E-state index contributed by atoms with van der Waals surface area (Å²) in [5.74, 6) is 0. The Kier molecular flexibility index (Phi) is 6.89. The van der Waals surface area contributed by atoms with Gasteiger partial charge in [0.2, 0.25) is 0 Å². The molecule has 1 N–H and O–H groups in total. The van der Waals surface area contributed by atoms with Crippen molar-refractivity contribution < 1.29 is 14.6 Å². The van der Waals surface area contributed by atoms with Gasteiger partial charge < -0.3 is 9.84 Å². The molecule has 0 bridgehead atoms. The highest BCUT2D eigenvalue weighted by molar-refractivity contribution is 5.56. The Bertz CT molecular complexity index is 86.0. The number of carboxylic acid groups (broad SMARTS) is 1. The van der Waals surface area contributed by atoms with Gasteiger partial charge in [-0.25, -0.2) is 4.79 Å². The van der Waals surface area contributed by atoms with E-state index in [0.29, 0.717) is 0 Å². The Morgan fingerprint density at radius 2 is 1.27 bits per heavy atom. The van der Waals surface area contributed by atoms with Crippen molar-refractivity contribution in [2.24, 2.45) is 0 Å². The van der Waals surface area contributed by atoms with Crippen LogP contribution in [0.25, 0.3) is 0 Å². The summed E-state index contributed by atoms with van der Waals surface area (Å²) in [5.41, 5.74) is 0. The minimum atomic E-state index is -1.25. The smallest absolute Gasteiger partial charge is 0.450 e. The van der Waals surface area contributed by atoms with Crippen molar-refractivity contribution in [3.8, 4) is 0 Å². The average molecular weight is 160 g/mol. The first-order chi connectivity index (χ1) is 5.27. The average Bonchev–Trinajstić information content (AvgIpc) is 2.09. The van der Waals surface area contributed by atoms with E-state index in [4.69, 9.17) is 9.90 Å². The molecule has 1 aliphatic carbocycles. The van der Waals surface area contributed by atoms with Gasteiger partial charge in [0.1, 0.15) is 0 Å². The number of ether oxygens (including phenoxy) is 1. The first kappa shape index (κ1) is 10.3. The maximum absolute atomic E-state index is 9.15. The second-order valence-electron chi connectivity index (χ2n) is 2.59. The number of hydrogen-bond donors (Lipinski definition) is 1. The van der Waals surface area contributed by atoms with E-state index in [1.807, 2.05) is 0 Å². The van der Waals surface area contributed by atoms with E-state index < -0.39 is 6.16 Å². The molecule has 0 radical (unpaired) electrons. The van der Waals surface area contributed by atoms with Crippen LogP contribution in [0.1, 0.15) is 38.5 Å². The van der Waals surface area contributed by atoms with Gasteiger partial charge in [-0.3, -0.25) is 0 Å². The predicted octanol–water partition coefficient (Wildman–Crippen LogP) is 2.65. The summed E-state index contributed by atoms with van der Waals surface area (Å²) in [4.78, 5) is 9.15. The van der Waals surface area contributed by atoms with Gasteiger partial charge in [-0.2, -0.15) is 0 Å². The zero-order valence-electron chi connectivity index (χ0n) is 7.01. The van der Waals surface area contributed by atoms with E-state index in [0.717, 1.165) is 7.11 Å². The van der Waals surface area contributed by atoms with Gasteiger partial charge in [-0.05, 0) is 0 Å². The maximum Gasteiger partial charge on any atom is 0.505 e. The van der Waals surface area contributed by atoms with Gasteiger partial charge in [-0.15, -0.1) is 0 Å². The Morgan fingerprint density at radius 1 is 1.09 bits per heavy atom. The van der Waals surface area contributed by atoms with E-state index in [9.17, 15) is 0 Å². The minimum absolute atomic E-state index is 1.10. The fourth-order valence-corrected chi connectivity index (χ4v) is 1.06. The van der Waals surface area contributed by atoms with E-state index in [2.05, 4.69) is 4.74 Å². The molecule has 0 saturated heterocycles. The number of carbonyl (C=O) groups is 1. The number of methoxy groups -OCH3 is 1. The van der Waals surface area contributed by atoms with Gasteiger partial charge in [0.25, 0.3) is 0 Å². The summed E-state index contributed by atoms with van der Waals surface area (Å²) in [6, 6.07) is 0. The standard InChI is InChI=1S/C6H12.C2H4O3/c1-2-4-6-5-3-1;1-5-2(3)4/h1-6H2;1H3,(H,3,4). The van der Waals surface area contributed by atoms with Crippen molar-refractivity contribution >= 4 is 6.16 Å². The van der Waals surface area contributed by atoms with Crippen LogP contribution in [0.2, 0.25) is 0 Å². The molecule has 1 saturated carbocycles. The predicted molar refractivity (Wildman–Crippen MR) is 42.7 cm³/mol. The van der Waals surface area contributed by atoms with Crippen LogP contribution in [0.15, 0.2) is 0 Å². The Labute approximate surface area is 67.4 Å². The summed E-state index contributed by atoms with van der Waals surface area (Å²) in [7, 11) is 1.10. The van der Waals surface area contributed by atoms with Gasteiger partial charge in [0.05, 0.1) is 7.11 Å². The highest BCUT2D eigenvalue weighted by Crippen LogP contribution is 2.15. The lowest BCUT2D eigenvalue weighted by Crippen LogP contribution is -1.91. The summed E-state index contributed by atoms with van der Waals surface area (Å²) >= 11 is 0. The zero-order chi connectivity index (χ0) is 8.53. The molecular formula is C8H16O3. The van der Waals surface area contributed by atoms with Crippen LogP contribution in [0, 0.1) is 0 Å². The number of hydrogen-bond acceptors (Lipinski definition) is 2. The monoisotopic (exact) mass is 160 g/mol. The normalized spacial score (nSPS) is 16.1. The molecule has 0 aromatic heterocycles. The van der Waals surface area contributed by atoms with E-state index >= 15 is 0 Å². The van der Waals surface area contributed by atoms with Crippen molar-refractivity contribution in [2.75, 3.05) is 7.11 Å². The minimum Gasteiger partial charge on any atom is -0.450 e. The molecule has 0 amide bonds. The molecule has 0 atom stereocenters. The molecule has 1 aliphatic rings. The summed E-state index contributed by atoms with van der Waals surface area (Å²) in [6.07, 6.45) is 7.75. The summed E-state index contributed by atoms with van der Waals surface area (Å²) < 4.78 is 3.67. The molecule has 0 heterocycles. The molecule has 66 valence electrons. The van der Waals surface area contributed by atoms with Gasteiger partial charge in [-0.1, -0.05) is 38.5 Å². The first-order valence-electron chi connectivity index (χ1n) is 4.04. The lowest BCUT2D eigenvalue weighted by atomic mass is 10.0. The Morgan fingerprint density at radius 3 is 1.36 bits per heavy atom. The second kappa shape index (κ2) is 7.38. The molecule has 3 nitrogen and oxygen atoms in total. The summed E-state index contributed by atoms with van der Waals surface area (Å²) in [6.45, 7) is 0. The largest absolute Gasteiger partial charge is 0.505 e. The van der Waals surface area contributed by atoms with Gasteiger partial charge in [0.15, 0.2) is 0 Å². The van der Waals surface area contributed by atoms with E-state index in [1.165, 1.54) is 38.5 Å². The highest BCUT2D eigenvalue weighted by Gasteiger charge is 1.95. The quantitative estimate of drug-likeness (QED) is 0.554. The zero-order valence-corrected chi connectivity index (χ0v) is 7.01. The molecular weight excluding hydrogens is 144 g/mol. The fraction of sp³-hybridized carbons (Fsp3) is 0.875. The van der Waals surface area contributed by atoms with Crippen molar-refractivity contribution in [1.29, 1.82) is 0 Å². The molecule has 11 heavy (non-hydrogen) atoms. The molecule has 0 spiro atoms. The van der Waals surface area contributed by atoms with Crippen LogP contribution < -0.4 is 0 Å². The van der Waals surface area contributed by atoms with Crippen LogP contribution in [-0.2, 0) is 4.74 Å². The SMILES string of the molecule is C1CCCCC1.COC(=O)O. The third-order valence-electron chi connectivity index (χ3n) is 1.67. The van der Waals surface area contributed by atoms with E-state index in [1.54, 1.807) is 0 Å². The summed E-state index contributed by atoms with van der Waals surface area (Å²) in [5, 5.41) is 7.50. The third-order valence-corrected chi connectivity index (χ3v) is 1.67. The Balaban J connectivity index is 0.000000187. The van der Waals surface area contributed by atoms with Crippen LogP contribution >= 0.6 is 0 Å². The van der Waals surface area contributed by atoms with Crippen molar-refractivity contribution in [3.63, 3.8) is 0 Å². The molecule has 0 aromatic rings. The molecule has 3 heteroatoms. The second-order valence-corrected chi connectivity index (χ2v) is 2.59. The van der Waals surface area contributed by atoms with Crippen LogP contribution in [0.5, 0.6) is 0 Å². The number of rotatable bonds is 0. The van der Waals surface area contributed by atoms with Crippen LogP contribution in [0.3, 0.4) is 0 Å². The van der Waals surface area contributed by atoms with Crippen molar-refractivity contribution in [2.45, 2.75) is 38.5 Å². The molecule has 0 unspecified atom stereocenters. The van der Waals surface area contributed by atoms with Crippen molar-refractivity contribution in [1.82, 2.24) is 0 Å². The third kappa shape index (κ3) is 9.27. The molecule has 0 aliphatic heterocycles.